The summed E-state index contributed by atoms with van der Waals surface area (Å²) in [5.74, 6) is 3.81. The molecule has 6 nitrogen and oxygen atoms in total. The van der Waals surface area contributed by atoms with Crippen molar-refractivity contribution in [2.45, 2.75) is 37.1 Å². The first-order valence-electron chi connectivity index (χ1n) is 9.01. The molecule has 26 heavy (non-hydrogen) atoms. The van der Waals surface area contributed by atoms with Crippen molar-refractivity contribution in [2.75, 3.05) is 13.2 Å². The Labute approximate surface area is 155 Å². The fourth-order valence-corrected chi connectivity index (χ4v) is 4.30. The summed E-state index contributed by atoms with van der Waals surface area (Å²) < 4.78 is 13.2. The van der Waals surface area contributed by atoms with Gasteiger partial charge in [0.2, 0.25) is 5.16 Å². The predicted octanol–water partition coefficient (Wildman–Crippen LogP) is 3.31. The van der Waals surface area contributed by atoms with Crippen LogP contribution < -0.4 is 9.47 Å². The zero-order valence-electron chi connectivity index (χ0n) is 14.6. The number of hydrogen-bond donors (Lipinski definition) is 0. The number of fused-ring (bicyclic) bond motifs is 4. The number of aryl methyl sites for hydroxylation is 1. The van der Waals surface area contributed by atoms with Crippen LogP contribution in [0.2, 0.25) is 0 Å². The second-order valence-electron chi connectivity index (χ2n) is 6.95. The minimum absolute atomic E-state index is 0.604. The van der Waals surface area contributed by atoms with Crippen molar-refractivity contribution in [3.05, 3.63) is 41.2 Å². The number of ether oxygens (including phenoxy) is 2. The largest absolute Gasteiger partial charge is 0.486 e. The molecule has 134 valence electrons. The van der Waals surface area contributed by atoms with E-state index in [0.29, 0.717) is 24.9 Å². The number of nitrogens with zero attached hydrogens (tertiary/aromatic N) is 4. The molecule has 5 rings (SSSR count). The van der Waals surface area contributed by atoms with Crippen molar-refractivity contribution in [1.29, 1.82) is 0 Å². The van der Waals surface area contributed by atoms with E-state index in [1.165, 1.54) is 23.2 Å². The summed E-state index contributed by atoms with van der Waals surface area (Å²) in [5.41, 5.74) is 3.75. The zero-order valence-corrected chi connectivity index (χ0v) is 15.5. The lowest BCUT2D eigenvalue weighted by atomic mass is 9.89. The molecule has 1 aliphatic heterocycles. The SMILES string of the molecule is CC1CCc2cnc3nc(SCc4ccc5c(c4)OCCO5)nn3c2C1. The van der Waals surface area contributed by atoms with Crippen LogP contribution in [-0.4, -0.2) is 32.8 Å². The van der Waals surface area contributed by atoms with E-state index in [2.05, 4.69) is 23.0 Å². The summed E-state index contributed by atoms with van der Waals surface area (Å²) in [7, 11) is 0. The average Bonchev–Trinajstić information content (AvgIpc) is 3.10. The molecule has 0 saturated heterocycles. The van der Waals surface area contributed by atoms with Gasteiger partial charge in [-0.05, 0) is 48.4 Å². The quantitative estimate of drug-likeness (QED) is 0.661. The van der Waals surface area contributed by atoms with Crippen molar-refractivity contribution in [1.82, 2.24) is 19.6 Å². The Hall–Kier alpha value is -2.28. The molecule has 7 heteroatoms. The summed E-state index contributed by atoms with van der Waals surface area (Å²) in [5, 5.41) is 5.48. The standard InChI is InChI=1S/C19H20N4O2S/c1-12-2-4-14-10-20-18-21-19(22-23(18)15(14)8-12)26-11-13-3-5-16-17(9-13)25-7-6-24-16/h3,5,9-10,12H,2,4,6-8,11H2,1H3. The van der Waals surface area contributed by atoms with Gasteiger partial charge in [0, 0.05) is 11.9 Å². The van der Waals surface area contributed by atoms with Crippen LogP contribution in [0.25, 0.3) is 5.78 Å². The topological polar surface area (TPSA) is 61.5 Å². The summed E-state index contributed by atoms with van der Waals surface area (Å²) in [6.45, 7) is 3.51. The van der Waals surface area contributed by atoms with Crippen LogP contribution in [0.4, 0.5) is 0 Å². The molecule has 1 aliphatic carbocycles. The van der Waals surface area contributed by atoms with E-state index in [0.717, 1.165) is 35.2 Å². The highest BCUT2D eigenvalue weighted by atomic mass is 32.2. The number of benzene rings is 1. The maximum Gasteiger partial charge on any atom is 0.253 e. The number of aromatic nitrogens is 4. The van der Waals surface area contributed by atoms with Crippen LogP contribution in [0.3, 0.4) is 0 Å². The second-order valence-corrected chi connectivity index (χ2v) is 7.89. The first-order chi connectivity index (χ1) is 12.8. The van der Waals surface area contributed by atoms with Gasteiger partial charge in [-0.15, -0.1) is 5.10 Å². The fraction of sp³-hybridized carbons (Fsp3) is 0.421. The molecule has 1 aromatic carbocycles. The summed E-state index contributed by atoms with van der Waals surface area (Å²) in [6.07, 6.45) is 5.32. The van der Waals surface area contributed by atoms with Crippen LogP contribution in [0.5, 0.6) is 11.5 Å². The molecular weight excluding hydrogens is 348 g/mol. The van der Waals surface area contributed by atoms with E-state index < -0.39 is 0 Å². The molecule has 1 unspecified atom stereocenters. The van der Waals surface area contributed by atoms with Crippen molar-refractivity contribution in [3.8, 4) is 11.5 Å². The Bertz CT molecular complexity index is 972. The molecule has 0 saturated carbocycles. The average molecular weight is 368 g/mol. The molecule has 0 spiro atoms. The highest BCUT2D eigenvalue weighted by molar-refractivity contribution is 7.98. The van der Waals surface area contributed by atoms with Crippen LogP contribution in [0.1, 0.15) is 30.2 Å². The summed E-state index contributed by atoms with van der Waals surface area (Å²) in [6, 6.07) is 6.08. The monoisotopic (exact) mass is 368 g/mol. The van der Waals surface area contributed by atoms with E-state index in [1.807, 2.05) is 22.8 Å². The fourth-order valence-electron chi connectivity index (χ4n) is 3.54. The molecule has 1 atom stereocenters. The molecule has 3 aromatic rings. The van der Waals surface area contributed by atoms with Crippen molar-refractivity contribution >= 4 is 17.5 Å². The molecule has 0 bridgehead atoms. The summed E-state index contributed by atoms with van der Waals surface area (Å²) >= 11 is 1.62. The minimum Gasteiger partial charge on any atom is -0.486 e. The third-order valence-electron chi connectivity index (χ3n) is 4.96. The first-order valence-corrected chi connectivity index (χ1v) is 10.00. The van der Waals surface area contributed by atoms with Gasteiger partial charge in [-0.3, -0.25) is 0 Å². The highest BCUT2D eigenvalue weighted by Gasteiger charge is 2.20. The molecule has 2 aromatic heterocycles. The lowest BCUT2D eigenvalue weighted by molar-refractivity contribution is 0.171. The Morgan fingerprint density at radius 2 is 2.12 bits per heavy atom. The van der Waals surface area contributed by atoms with Gasteiger partial charge in [0.15, 0.2) is 11.5 Å². The van der Waals surface area contributed by atoms with Crippen molar-refractivity contribution in [2.24, 2.45) is 5.92 Å². The van der Waals surface area contributed by atoms with Gasteiger partial charge >= 0.3 is 0 Å². The van der Waals surface area contributed by atoms with E-state index in [9.17, 15) is 0 Å². The molecule has 3 heterocycles. The van der Waals surface area contributed by atoms with Gasteiger partial charge in [-0.1, -0.05) is 24.8 Å². The Morgan fingerprint density at radius 3 is 3.04 bits per heavy atom. The van der Waals surface area contributed by atoms with Gasteiger partial charge in [-0.25, -0.2) is 4.98 Å². The van der Waals surface area contributed by atoms with Gasteiger partial charge in [0.05, 0.1) is 5.69 Å². The van der Waals surface area contributed by atoms with Crippen LogP contribution in [-0.2, 0) is 18.6 Å². The molecule has 0 radical (unpaired) electrons. The smallest absolute Gasteiger partial charge is 0.253 e. The lowest BCUT2D eigenvalue weighted by Crippen LogP contribution is -2.16. The van der Waals surface area contributed by atoms with Crippen LogP contribution in [0, 0.1) is 5.92 Å². The normalized spacial score (nSPS) is 18.7. The van der Waals surface area contributed by atoms with E-state index in [1.54, 1.807) is 11.8 Å². The Kier molecular flexibility index (Phi) is 3.96. The molecule has 0 N–H and O–H groups in total. The maximum atomic E-state index is 5.66. The Balaban J connectivity index is 1.38. The predicted molar refractivity (Wildman–Crippen MR) is 99.0 cm³/mol. The van der Waals surface area contributed by atoms with E-state index in [-0.39, 0.29) is 0 Å². The van der Waals surface area contributed by atoms with Crippen LogP contribution >= 0.6 is 11.8 Å². The summed E-state index contributed by atoms with van der Waals surface area (Å²) in [4.78, 5) is 9.09. The third kappa shape index (κ3) is 2.90. The van der Waals surface area contributed by atoms with Gasteiger partial charge < -0.3 is 9.47 Å². The minimum atomic E-state index is 0.604. The maximum absolute atomic E-state index is 5.66. The first kappa shape index (κ1) is 15.9. The third-order valence-corrected chi connectivity index (χ3v) is 5.86. The number of rotatable bonds is 3. The number of thioether (sulfide) groups is 1. The molecule has 0 fully saturated rings. The van der Waals surface area contributed by atoms with Crippen molar-refractivity contribution in [3.63, 3.8) is 0 Å². The van der Waals surface area contributed by atoms with Gasteiger partial charge in [0.1, 0.15) is 13.2 Å². The second kappa shape index (κ2) is 6.46. The van der Waals surface area contributed by atoms with Gasteiger partial charge in [0.25, 0.3) is 5.78 Å². The van der Waals surface area contributed by atoms with Crippen molar-refractivity contribution < 1.29 is 9.47 Å². The van der Waals surface area contributed by atoms with Crippen LogP contribution in [0.15, 0.2) is 29.6 Å². The molecule has 0 amide bonds. The molecular formula is C19H20N4O2S. The van der Waals surface area contributed by atoms with E-state index >= 15 is 0 Å². The highest BCUT2D eigenvalue weighted by Crippen LogP contribution is 2.33. The molecule has 2 aliphatic rings. The Morgan fingerprint density at radius 1 is 1.23 bits per heavy atom. The zero-order chi connectivity index (χ0) is 17.5. The van der Waals surface area contributed by atoms with E-state index in [4.69, 9.17) is 14.6 Å². The number of hydrogen-bond acceptors (Lipinski definition) is 6. The lowest BCUT2D eigenvalue weighted by Gasteiger charge is -2.20. The van der Waals surface area contributed by atoms with Gasteiger partial charge in [-0.2, -0.15) is 9.50 Å².